The minimum atomic E-state index is -0.444. The zero-order valence-electron chi connectivity index (χ0n) is 17.6. The molecule has 3 heterocycles. The molecule has 0 fully saturated rings. The number of para-hydroxylation sites is 1. The van der Waals surface area contributed by atoms with E-state index in [4.69, 9.17) is 9.40 Å². The number of amides is 1. The lowest BCUT2D eigenvalue weighted by molar-refractivity contribution is 0.0937. The van der Waals surface area contributed by atoms with Gasteiger partial charge < -0.3 is 4.42 Å². The highest BCUT2D eigenvalue weighted by Gasteiger charge is 2.23. The van der Waals surface area contributed by atoms with Crippen LogP contribution in [-0.4, -0.2) is 15.5 Å². The van der Waals surface area contributed by atoms with E-state index in [9.17, 15) is 9.59 Å². The van der Waals surface area contributed by atoms with Gasteiger partial charge in [-0.1, -0.05) is 48.5 Å². The number of benzene rings is 2. The zero-order chi connectivity index (χ0) is 22.4. The van der Waals surface area contributed by atoms with E-state index < -0.39 is 5.91 Å². The van der Waals surface area contributed by atoms with Crippen LogP contribution in [0.15, 0.2) is 69.9 Å². The van der Waals surface area contributed by atoms with Crippen molar-refractivity contribution in [2.45, 2.75) is 25.8 Å². The molecule has 0 radical (unpaired) electrons. The number of nitrogens with zero attached hydrogens (tertiary/aromatic N) is 2. The number of furan rings is 1. The monoisotopic (exact) mass is 456 g/mol. The van der Waals surface area contributed by atoms with Gasteiger partial charge in [0.2, 0.25) is 5.95 Å². The number of hydrazine groups is 1. The summed E-state index contributed by atoms with van der Waals surface area (Å²) in [5.41, 5.74) is 8.16. The lowest BCUT2D eigenvalue weighted by Crippen LogP contribution is -2.34. The van der Waals surface area contributed by atoms with E-state index >= 15 is 0 Å². The van der Waals surface area contributed by atoms with Crippen molar-refractivity contribution in [3.63, 3.8) is 0 Å². The van der Waals surface area contributed by atoms with Gasteiger partial charge in [-0.25, -0.2) is 4.98 Å². The SMILES string of the molecule is O=C(NNc1nc2sc3c(c2c(=O)n1Cc1ccccc1)CCC3)c1cc2ccccc2o1. The Morgan fingerprint density at radius 2 is 1.91 bits per heavy atom. The minimum absolute atomic E-state index is 0.0938. The van der Waals surface area contributed by atoms with Crippen molar-refractivity contribution in [1.29, 1.82) is 0 Å². The molecule has 2 N–H and O–H groups in total. The number of hydrogen-bond donors (Lipinski definition) is 2. The van der Waals surface area contributed by atoms with Crippen LogP contribution in [0, 0.1) is 0 Å². The number of hydrogen-bond acceptors (Lipinski definition) is 6. The summed E-state index contributed by atoms with van der Waals surface area (Å²) in [6, 6.07) is 18.8. The fourth-order valence-corrected chi connectivity index (χ4v) is 5.60. The maximum atomic E-state index is 13.6. The number of nitrogens with one attached hydrogen (secondary N) is 2. The van der Waals surface area contributed by atoms with E-state index in [0.29, 0.717) is 28.3 Å². The molecule has 6 rings (SSSR count). The largest absolute Gasteiger partial charge is 0.451 e. The minimum Gasteiger partial charge on any atom is -0.451 e. The Morgan fingerprint density at radius 3 is 2.76 bits per heavy atom. The standard InChI is InChI=1S/C25H20N4O3S/c30-22(19-13-16-9-4-5-11-18(16)32-19)27-28-25-26-23-21(17-10-6-12-20(17)33-23)24(31)29(25)14-15-7-2-1-3-8-15/h1-5,7-9,11,13H,6,10,12,14H2,(H,26,28)(H,27,30). The predicted molar refractivity (Wildman–Crippen MR) is 129 cm³/mol. The van der Waals surface area contributed by atoms with Crippen molar-refractivity contribution in [1.82, 2.24) is 15.0 Å². The summed E-state index contributed by atoms with van der Waals surface area (Å²) in [6.45, 7) is 0.343. The van der Waals surface area contributed by atoms with Crippen LogP contribution in [-0.2, 0) is 19.4 Å². The molecule has 164 valence electrons. The number of anilines is 1. The number of aromatic nitrogens is 2. The van der Waals surface area contributed by atoms with E-state index in [1.165, 1.54) is 4.88 Å². The number of fused-ring (bicyclic) bond motifs is 4. The number of carbonyl (C=O) groups is 1. The molecule has 0 saturated heterocycles. The molecule has 1 aliphatic rings. The van der Waals surface area contributed by atoms with Crippen LogP contribution in [0.1, 0.15) is 33.0 Å². The topological polar surface area (TPSA) is 89.2 Å². The van der Waals surface area contributed by atoms with Gasteiger partial charge in [-0.15, -0.1) is 11.3 Å². The Bertz CT molecular complexity index is 1530. The molecule has 2 aromatic carbocycles. The fraction of sp³-hybridized carbons (Fsp3) is 0.160. The highest BCUT2D eigenvalue weighted by molar-refractivity contribution is 7.18. The Hall–Kier alpha value is -3.91. The summed E-state index contributed by atoms with van der Waals surface area (Å²) < 4.78 is 7.23. The summed E-state index contributed by atoms with van der Waals surface area (Å²) in [5, 5.41) is 1.55. The molecular formula is C25H20N4O3S. The average molecular weight is 457 g/mol. The third-order valence-corrected chi connectivity index (χ3v) is 7.13. The third-order valence-electron chi connectivity index (χ3n) is 5.95. The van der Waals surface area contributed by atoms with E-state index in [1.54, 1.807) is 22.0 Å². The lowest BCUT2D eigenvalue weighted by Gasteiger charge is -2.14. The van der Waals surface area contributed by atoms with Crippen LogP contribution < -0.4 is 16.4 Å². The lowest BCUT2D eigenvalue weighted by atomic mass is 10.2. The number of rotatable bonds is 5. The van der Waals surface area contributed by atoms with Crippen molar-refractivity contribution in [3.05, 3.63) is 92.8 Å². The zero-order valence-corrected chi connectivity index (χ0v) is 18.4. The first-order valence-corrected chi connectivity index (χ1v) is 11.6. The maximum Gasteiger partial charge on any atom is 0.305 e. The second-order valence-electron chi connectivity index (χ2n) is 8.08. The molecule has 0 saturated carbocycles. The molecule has 0 atom stereocenters. The maximum absolute atomic E-state index is 13.6. The van der Waals surface area contributed by atoms with Crippen molar-refractivity contribution >= 4 is 44.4 Å². The Balaban J connectivity index is 1.37. The summed E-state index contributed by atoms with van der Waals surface area (Å²) >= 11 is 1.57. The van der Waals surface area contributed by atoms with Gasteiger partial charge in [0, 0.05) is 10.3 Å². The van der Waals surface area contributed by atoms with Gasteiger partial charge in [0.1, 0.15) is 10.4 Å². The van der Waals surface area contributed by atoms with Crippen molar-refractivity contribution in [3.8, 4) is 0 Å². The molecule has 1 amide bonds. The summed E-state index contributed by atoms with van der Waals surface area (Å²) in [4.78, 5) is 33.0. The summed E-state index contributed by atoms with van der Waals surface area (Å²) in [7, 11) is 0. The van der Waals surface area contributed by atoms with Crippen LogP contribution >= 0.6 is 11.3 Å². The van der Waals surface area contributed by atoms with Gasteiger partial charge in [-0.3, -0.25) is 25.0 Å². The molecule has 1 aliphatic carbocycles. The smallest absolute Gasteiger partial charge is 0.305 e. The Kier molecular flexibility index (Phi) is 4.73. The van der Waals surface area contributed by atoms with Crippen LogP contribution in [0.3, 0.4) is 0 Å². The van der Waals surface area contributed by atoms with E-state index in [2.05, 4.69) is 10.9 Å². The van der Waals surface area contributed by atoms with Crippen LogP contribution in [0.5, 0.6) is 0 Å². The van der Waals surface area contributed by atoms with E-state index in [1.807, 2.05) is 54.6 Å². The van der Waals surface area contributed by atoms with Gasteiger partial charge in [0.15, 0.2) is 5.76 Å². The highest BCUT2D eigenvalue weighted by atomic mass is 32.1. The Morgan fingerprint density at radius 1 is 1.09 bits per heavy atom. The molecule has 0 bridgehead atoms. The highest BCUT2D eigenvalue weighted by Crippen LogP contribution is 2.35. The van der Waals surface area contributed by atoms with Crippen molar-refractivity contribution in [2.75, 3.05) is 5.43 Å². The van der Waals surface area contributed by atoms with Gasteiger partial charge in [-0.2, -0.15) is 0 Å². The number of carbonyl (C=O) groups excluding carboxylic acids is 1. The van der Waals surface area contributed by atoms with E-state index in [-0.39, 0.29) is 11.3 Å². The average Bonchev–Trinajstić information content (AvgIpc) is 3.54. The van der Waals surface area contributed by atoms with Crippen molar-refractivity contribution < 1.29 is 9.21 Å². The van der Waals surface area contributed by atoms with Crippen LogP contribution in [0.4, 0.5) is 5.95 Å². The van der Waals surface area contributed by atoms with Gasteiger partial charge in [0.25, 0.3) is 5.56 Å². The molecule has 33 heavy (non-hydrogen) atoms. The molecule has 7 nitrogen and oxygen atoms in total. The number of aryl methyl sites for hydroxylation is 2. The second-order valence-corrected chi connectivity index (χ2v) is 9.16. The molecule has 3 aromatic heterocycles. The second kappa shape index (κ2) is 7.90. The quantitative estimate of drug-likeness (QED) is 0.380. The molecule has 0 spiro atoms. The number of thiophene rings is 1. The molecule has 0 aliphatic heterocycles. The van der Waals surface area contributed by atoms with E-state index in [0.717, 1.165) is 35.8 Å². The van der Waals surface area contributed by atoms with Crippen LogP contribution in [0.2, 0.25) is 0 Å². The van der Waals surface area contributed by atoms with Gasteiger partial charge >= 0.3 is 5.91 Å². The summed E-state index contributed by atoms with van der Waals surface area (Å²) in [5.74, 6) is 0.0260. The third kappa shape index (κ3) is 3.48. The van der Waals surface area contributed by atoms with Gasteiger partial charge in [0.05, 0.1) is 11.9 Å². The molecule has 8 heteroatoms. The van der Waals surface area contributed by atoms with Gasteiger partial charge in [-0.05, 0) is 42.5 Å². The first-order valence-electron chi connectivity index (χ1n) is 10.8. The Labute approximate surface area is 192 Å². The fourth-order valence-electron chi connectivity index (χ4n) is 4.35. The van der Waals surface area contributed by atoms with Crippen molar-refractivity contribution in [2.24, 2.45) is 0 Å². The predicted octanol–water partition coefficient (Wildman–Crippen LogP) is 4.50. The normalized spacial score (nSPS) is 12.8. The molecular weight excluding hydrogens is 436 g/mol. The first-order chi connectivity index (χ1) is 16.2. The molecule has 0 unspecified atom stereocenters. The summed E-state index contributed by atoms with van der Waals surface area (Å²) in [6.07, 6.45) is 2.97. The molecule has 5 aromatic rings. The van der Waals surface area contributed by atoms with Crippen LogP contribution in [0.25, 0.3) is 21.2 Å². The first kappa shape index (κ1) is 19.8.